The molecule has 2 rings (SSSR count). The minimum atomic E-state index is 0.511. The van der Waals surface area contributed by atoms with E-state index in [1.807, 2.05) is 16.7 Å². The van der Waals surface area contributed by atoms with Crippen LogP contribution in [0.5, 0.6) is 0 Å². The van der Waals surface area contributed by atoms with Crippen LogP contribution in [0.3, 0.4) is 0 Å². The van der Waals surface area contributed by atoms with Gasteiger partial charge in [-0.1, -0.05) is 37.0 Å². The van der Waals surface area contributed by atoms with E-state index in [1.54, 1.807) is 12.4 Å². The minimum absolute atomic E-state index is 0.511. The van der Waals surface area contributed by atoms with Crippen molar-refractivity contribution in [3.63, 3.8) is 0 Å². The largest absolute Gasteiger partial charge is 0.383 e. The Kier molecular flexibility index (Phi) is 3.83. The molecule has 2 aromatic rings. The van der Waals surface area contributed by atoms with E-state index >= 15 is 0 Å². The van der Waals surface area contributed by atoms with Crippen LogP contribution in [-0.2, 0) is 6.54 Å². The van der Waals surface area contributed by atoms with Gasteiger partial charge in [0.15, 0.2) is 0 Å². The maximum absolute atomic E-state index is 6.10. The van der Waals surface area contributed by atoms with Crippen LogP contribution in [0.15, 0.2) is 24.5 Å². The molecule has 96 valence electrons. The molecule has 0 aliphatic carbocycles. The lowest BCUT2D eigenvalue weighted by Gasteiger charge is -2.08. The molecular formula is C13H15Cl2N3. The molecule has 0 saturated carbocycles. The number of nitrogens with zero attached hydrogens (tertiary/aromatic N) is 2. The first-order valence-corrected chi connectivity index (χ1v) is 6.50. The SMILES string of the molecule is CC(C)Cn1cnc(-c2cc(Cl)cc(Cl)c2)c1N. The van der Waals surface area contributed by atoms with Gasteiger partial charge in [-0.15, -0.1) is 0 Å². The first kappa shape index (κ1) is 13.2. The van der Waals surface area contributed by atoms with Crippen molar-refractivity contribution in [2.45, 2.75) is 20.4 Å². The lowest BCUT2D eigenvalue weighted by atomic mass is 10.1. The van der Waals surface area contributed by atoms with Crippen molar-refractivity contribution >= 4 is 29.0 Å². The number of aromatic nitrogens is 2. The van der Waals surface area contributed by atoms with Gasteiger partial charge in [0.1, 0.15) is 11.5 Å². The average Bonchev–Trinajstić information content (AvgIpc) is 2.58. The van der Waals surface area contributed by atoms with Crippen LogP contribution in [0.1, 0.15) is 13.8 Å². The van der Waals surface area contributed by atoms with E-state index in [9.17, 15) is 0 Å². The smallest absolute Gasteiger partial charge is 0.131 e. The van der Waals surface area contributed by atoms with Crippen molar-refractivity contribution in [2.75, 3.05) is 5.73 Å². The fourth-order valence-electron chi connectivity index (χ4n) is 1.84. The topological polar surface area (TPSA) is 43.8 Å². The number of imidazole rings is 1. The fraction of sp³-hybridized carbons (Fsp3) is 0.308. The molecule has 0 bridgehead atoms. The standard InChI is InChI=1S/C13H15Cl2N3/c1-8(2)6-18-7-17-12(13(18)16)9-3-10(14)5-11(15)4-9/h3-5,7-8H,6,16H2,1-2H3. The molecule has 2 N–H and O–H groups in total. The van der Waals surface area contributed by atoms with Gasteiger partial charge < -0.3 is 10.3 Å². The Bertz CT molecular complexity index is 541. The second-order valence-electron chi connectivity index (χ2n) is 4.68. The number of anilines is 1. The highest BCUT2D eigenvalue weighted by molar-refractivity contribution is 6.35. The fourth-order valence-corrected chi connectivity index (χ4v) is 2.37. The second-order valence-corrected chi connectivity index (χ2v) is 5.56. The number of benzene rings is 1. The molecule has 0 atom stereocenters. The molecule has 0 aliphatic rings. The van der Waals surface area contributed by atoms with E-state index in [0.29, 0.717) is 21.8 Å². The maximum atomic E-state index is 6.10. The first-order chi connectivity index (χ1) is 8.47. The summed E-state index contributed by atoms with van der Waals surface area (Å²) in [6.45, 7) is 5.11. The molecule has 1 heterocycles. The van der Waals surface area contributed by atoms with Crippen molar-refractivity contribution in [3.05, 3.63) is 34.6 Å². The number of nitrogen functional groups attached to an aromatic ring is 1. The number of rotatable bonds is 3. The summed E-state index contributed by atoms with van der Waals surface area (Å²) in [5.74, 6) is 1.15. The van der Waals surface area contributed by atoms with Crippen LogP contribution in [0.25, 0.3) is 11.3 Å². The summed E-state index contributed by atoms with van der Waals surface area (Å²) in [4.78, 5) is 4.34. The van der Waals surface area contributed by atoms with Gasteiger partial charge in [0.05, 0.1) is 6.33 Å². The number of halogens is 2. The quantitative estimate of drug-likeness (QED) is 0.922. The highest BCUT2D eigenvalue weighted by atomic mass is 35.5. The van der Waals surface area contributed by atoms with Crippen molar-refractivity contribution in [1.82, 2.24) is 9.55 Å². The Morgan fingerprint density at radius 1 is 1.22 bits per heavy atom. The molecule has 0 spiro atoms. The monoisotopic (exact) mass is 283 g/mol. The molecule has 0 amide bonds. The molecule has 18 heavy (non-hydrogen) atoms. The normalized spacial score (nSPS) is 11.2. The van der Waals surface area contributed by atoms with Crippen molar-refractivity contribution in [2.24, 2.45) is 5.92 Å². The summed E-state index contributed by atoms with van der Waals surface area (Å²) in [7, 11) is 0. The van der Waals surface area contributed by atoms with E-state index in [0.717, 1.165) is 17.8 Å². The molecular weight excluding hydrogens is 269 g/mol. The Labute approximate surface area is 117 Å². The minimum Gasteiger partial charge on any atom is -0.383 e. The lowest BCUT2D eigenvalue weighted by molar-refractivity contribution is 0.527. The van der Waals surface area contributed by atoms with Crippen LogP contribution in [0.2, 0.25) is 10.0 Å². The summed E-state index contributed by atoms with van der Waals surface area (Å²) in [6, 6.07) is 5.31. The number of nitrogens with two attached hydrogens (primary N) is 1. The Balaban J connectivity index is 2.42. The van der Waals surface area contributed by atoms with Crippen LogP contribution in [-0.4, -0.2) is 9.55 Å². The molecule has 1 aromatic carbocycles. The molecule has 3 nitrogen and oxygen atoms in total. The van der Waals surface area contributed by atoms with Gasteiger partial charge in [-0.05, 0) is 24.1 Å². The zero-order chi connectivity index (χ0) is 13.3. The third-order valence-corrected chi connectivity index (χ3v) is 3.01. The summed E-state index contributed by atoms with van der Waals surface area (Å²) < 4.78 is 1.94. The predicted octanol–water partition coefficient (Wildman–Crippen LogP) is 4.10. The zero-order valence-corrected chi connectivity index (χ0v) is 11.8. The van der Waals surface area contributed by atoms with Crippen LogP contribution >= 0.6 is 23.2 Å². The average molecular weight is 284 g/mol. The maximum Gasteiger partial charge on any atom is 0.131 e. The van der Waals surface area contributed by atoms with Gasteiger partial charge in [-0.25, -0.2) is 4.98 Å². The van der Waals surface area contributed by atoms with Crippen molar-refractivity contribution in [1.29, 1.82) is 0 Å². The van der Waals surface area contributed by atoms with Crippen LogP contribution in [0, 0.1) is 5.92 Å². The summed E-state index contributed by atoms with van der Waals surface area (Å²) in [6.07, 6.45) is 1.75. The van der Waals surface area contributed by atoms with Gasteiger partial charge in [-0.3, -0.25) is 0 Å². The van der Waals surface area contributed by atoms with E-state index in [1.165, 1.54) is 0 Å². The van der Waals surface area contributed by atoms with Gasteiger partial charge in [-0.2, -0.15) is 0 Å². The van der Waals surface area contributed by atoms with Crippen molar-refractivity contribution in [3.8, 4) is 11.3 Å². The van der Waals surface area contributed by atoms with E-state index in [4.69, 9.17) is 28.9 Å². The molecule has 0 unspecified atom stereocenters. The summed E-state index contributed by atoms with van der Waals surface area (Å²) >= 11 is 12.0. The molecule has 0 radical (unpaired) electrons. The summed E-state index contributed by atoms with van der Waals surface area (Å²) in [5, 5.41) is 1.16. The van der Waals surface area contributed by atoms with E-state index in [-0.39, 0.29) is 0 Å². The Hall–Kier alpha value is -1.19. The van der Waals surface area contributed by atoms with E-state index in [2.05, 4.69) is 18.8 Å². The molecule has 0 aliphatic heterocycles. The molecule has 1 aromatic heterocycles. The van der Waals surface area contributed by atoms with Gasteiger partial charge in [0.2, 0.25) is 0 Å². The third-order valence-electron chi connectivity index (χ3n) is 2.58. The van der Waals surface area contributed by atoms with Crippen molar-refractivity contribution < 1.29 is 0 Å². The first-order valence-electron chi connectivity index (χ1n) is 5.74. The predicted molar refractivity (Wildman–Crippen MR) is 76.9 cm³/mol. The Morgan fingerprint density at radius 2 is 1.83 bits per heavy atom. The molecule has 0 saturated heterocycles. The third kappa shape index (κ3) is 2.79. The second kappa shape index (κ2) is 5.21. The van der Waals surface area contributed by atoms with Gasteiger partial charge >= 0.3 is 0 Å². The van der Waals surface area contributed by atoms with E-state index < -0.39 is 0 Å². The van der Waals surface area contributed by atoms with Crippen LogP contribution < -0.4 is 5.73 Å². The van der Waals surface area contributed by atoms with Gasteiger partial charge in [0, 0.05) is 22.2 Å². The van der Waals surface area contributed by atoms with Crippen LogP contribution in [0.4, 0.5) is 5.82 Å². The summed E-state index contributed by atoms with van der Waals surface area (Å²) in [5.41, 5.74) is 7.66. The number of hydrogen-bond donors (Lipinski definition) is 1. The Morgan fingerprint density at radius 3 is 2.39 bits per heavy atom. The lowest BCUT2D eigenvalue weighted by Crippen LogP contribution is -2.06. The van der Waals surface area contributed by atoms with Gasteiger partial charge in [0.25, 0.3) is 0 Å². The number of hydrogen-bond acceptors (Lipinski definition) is 2. The molecule has 5 heteroatoms. The zero-order valence-electron chi connectivity index (χ0n) is 10.3. The highest BCUT2D eigenvalue weighted by Gasteiger charge is 2.11. The highest BCUT2D eigenvalue weighted by Crippen LogP contribution is 2.30. The molecule has 0 fully saturated rings.